The first-order valence-corrected chi connectivity index (χ1v) is 8.62. The van der Waals surface area contributed by atoms with Crippen LogP contribution >= 0.6 is 11.8 Å². The van der Waals surface area contributed by atoms with E-state index in [-0.39, 0.29) is 11.1 Å². The first-order valence-electron chi connectivity index (χ1n) is 7.80. The van der Waals surface area contributed by atoms with E-state index in [1.165, 1.54) is 4.90 Å². The van der Waals surface area contributed by atoms with Crippen LogP contribution in [0.3, 0.4) is 0 Å². The van der Waals surface area contributed by atoms with Crippen molar-refractivity contribution in [3.63, 3.8) is 0 Å². The zero-order chi connectivity index (χ0) is 16.9. The molecule has 1 saturated heterocycles. The lowest BCUT2D eigenvalue weighted by Crippen LogP contribution is -2.28. The van der Waals surface area contributed by atoms with Crippen molar-refractivity contribution in [1.29, 1.82) is 0 Å². The monoisotopic (exact) mass is 338 g/mol. The Kier molecular flexibility index (Phi) is 5.01. The van der Waals surface area contributed by atoms with Crippen molar-refractivity contribution < 1.29 is 9.59 Å². The third-order valence-corrected chi connectivity index (χ3v) is 4.65. The number of hydrogen-bond acceptors (Lipinski definition) is 4. The smallest absolute Gasteiger partial charge is 0.293 e. The van der Waals surface area contributed by atoms with Crippen LogP contribution in [0.4, 0.5) is 10.5 Å². The Morgan fingerprint density at radius 1 is 1.00 bits per heavy atom. The molecule has 2 aromatic carbocycles. The van der Waals surface area contributed by atoms with Gasteiger partial charge in [0.15, 0.2) is 0 Å². The van der Waals surface area contributed by atoms with E-state index >= 15 is 0 Å². The molecule has 0 aliphatic carbocycles. The van der Waals surface area contributed by atoms with E-state index in [4.69, 9.17) is 0 Å². The highest BCUT2D eigenvalue weighted by atomic mass is 32.2. The van der Waals surface area contributed by atoms with E-state index < -0.39 is 0 Å². The molecule has 2 aromatic rings. The molecule has 0 unspecified atom stereocenters. The number of carbonyl (C=O) groups is 2. The molecule has 0 spiro atoms. The average molecular weight is 338 g/mol. The van der Waals surface area contributed by atoms with Crippen LogP contribution in [0.1, 0.15) is 12.5 Å². The van der Waals surface area contributed by atoms with E-state index in [1.807, 2.05) is 72.5 Å². The lowest BCUT2D eigenvalue weighted by atomic mass is 10.2. The van der Waals surface area contributed by atoms with Gasteiger partial charge in [0.25, 0.3) is 11.1 Å². The number of rotatable bonds is 5. The minimum atomic E-state index is -0.233. The van der Waals surface area contributed by atoms with Gasteiger partial charge >= 0.3 is 0 Å². The van der Waals surface area contributed by atoms with E-state index in [9.17, 15) is 9.59 Å². The van der Waals surface area contributed by atoms with Crippen molar-refractivity contribution in [1.82, 2.24) is 4.90 Å². The summed E-state index contributed by atoms with van der Waals surface area (Å²) < 4.78 is 0. The first-order chi connectivity index (χ1) is 11.7. The topological polar surface area (TPSA) is 40.6 Å². The fraction of sp³-hybridized carbons (Fsp3) is 0.158. The van der Waals surface area contributed by atoms with Crippen molar-refractivity contribution in [3.05, 3.63) is 77.3 Å². The Balaban J connectivity index is 1.80. The molecular weight excluding hydrogens is 320 g/mol. The van der Waals surface area contributed by atoms with Crippen LogP contribution in [0.5, 0.6) is 0 Å². The quantitative estimate of drug-likeness (QED) is 0.764. The Labute approximate surface area is 145 Å². The molecule has 4 nitrogen and oxygen atoms in total. The van der Waals surface area contributed by atoms with Gasteiger partial charge in [0.05, 0.1) is 11.4 Å². The van der Waals surface area contributed by atoms with E-state index in [0.717, 1.165) is 23.0 Å². The maximum Gasteiger partial charge on any atom is 0.293 e. The van der Waals surface area contributed by atoms with Gasteiger partial charge < -0.3 is 4.90 Å². The summed E-state index contributed by atoms with van der Waals surface area (Å²) in [4.78, 5) is 28.5. The predicted molar refractivity (Wildman–Crippen MR) is 97.5 cm³/mol. The molecule has 0 atom stereocenters. The van der Waals surface area contributed by atoms with Crippen LogP contribution in [0, 0.1) is 0 Å². The van der Waals surface area contributed by atoms with E-state index in [1.54, 1.807) is 6.20 Å². The molecule has 122 valence electrons. The van der Waals surface area contributed by atoms with Crippen LogP contribution in [-0.4, -0.2) is 22.6 Å². The highest BCUT2D eigenvalue weighted by Gasteiger charge is 2.35. The first kappa shape index (κ1) is 16.3. The van der Waals surface area contributed by atoms with Gasteiger partial charge in [-0.2, -0.15) is 0 Å². The summed E-state index contributed by atoms with van der Waals surface area (Å²) >= 11 is 0.996. The van der Waals surface area contributed by atoms with Gasteiger partial charge in [-0.3, -0.25) is 14.5 Å². The molecule has 3 rings (SSSR count). The summed E-state index contributed by atoms with van der Waals surface area (Å²) in [5, 5.41) is -0.223. The maximum atomic E-state index is 12.6. The summed E-state index contributed by atoms with van der Waals surface area (Å²) in [5.41, 5.74) is 1.94. The fourth-order valence-corrected chi connectivity index (χ4v) is 3.33. The second-order valence-electron chi connectivity index (χ2n) is 5.36. The Bertz CT molecular complexity index is 759. The minimum absolute atomic E-state index is 0.223. The number of imide groups is 1. The molecule has 24 heavy (non-hydrogen) atoms. The third kappa shape index (κ3) is 3.51. The molecule has 0 bridgehead atoms. The molecule has 0 saturated carbocycles. The number of thioether (sulfide) groups is 1. The van der Waals surface area contributed by atoms with Crippen LogP contribution in [0.2, 0.25) is 0 Å². The van der Waals surface area contributed by atoms with Crippen LogP contribution < -0.4 is 4.90 Å². The van der Waals surface area contributed by atoms with Crippen molar-refractivity contribution in [2.24, 2.45) is 0 Å². The van der Waals surface area contributed by atoms with Crippen molar-refractivity contribution >= 4 is 28.6 Å². The Hall–Kier alpha value is -2.53. The molecule has 1 aliphatic rings. The minimum Gasteiger partial charge on any atom is -0.347 e. The Morgan fingerprint density at radius 3 is 2.25 bits per heavy atom. The molecule has 5 heteroatoms. The number of anilines is 1. The molecule has 2 amide bonds. The van der Waals surface area contributed by atoms with Crippen LogP contribution in [-0.2, 0) is 11.3 Å². The summed E-state index contributed by atoms with van der Waals surface area (Å²) in [5.74, 6) is -0.233. The van der Waals surface area contributed by atoms with Crippen LogP contribution in [0.15, 0.2) is 71.8 Å². The molecule has 0 aromatic heterocycles. The number of benzene rings is 2. The zero-order valence-electron chi connectivity index (χ0n) is 13.4. The van der Waals surface area contributed by atoms with E-state index in [2.05, 4.69) is 0 Å². The van der Waals surface area contributed by atoms with E-state index in [0.29, 0.717) is 18.0 Å². The Morgan fingerprint density at radius 2 is 1.62 bits per heavy atom. The normalized spacial score (nSPS) is 16.0. The SMILES string of the molecule is CCN(/C=C1\SC(=O)N(Cc2ccccc2)C1=O)c1ccccc1. The molecule has 1 fully saturated rings. The van der Waals surface area contributed by atoms with Gasteiger partial charge in [-0.15, -0.1) is 0 Å². The summed E-state index contributed by atoms with van der Waals surface area (Å²) in [6.07, 6.45) is 1.77. The zero-order valence-corrected chi connectivity index (χ0v) is 14.2. The number of para-hydroxylation sites is 1. The lowest BCUT2D eigenvalue weighted by molar-refractivity contribution is -0.123. The standard InChI is InChI=1S/C19H18N2O2S/c1-2-20(16-11-7-4-8-12-16)14-17-18(22)21(19(23)24-17)13-15-9-5-3-6-10-15/h3-12,14H,2,13H2,1H3/b17-14-. The second-order valence-corrected chi connectivity index (χ2v) is 6.35. The number of nitrogens with zero attached hydrogens (tertiary/aromatic N) is 2. The molecule has 1 heterocycles. The van der Waals surface area contributed by atoms with Gasteiger partial charge in [-0.25, -0.2) is 0 Å². The van der Waals surface area contributed by atoms with Crippen LogP contribution in [0.25, 0.3) is 0 Å². The number of amides is 2. The van der Waals surface area contributed by atoms with Gasteiger partial charge in [-0.05, 0) is 36.4 Å². The van der Waals surface area contributed by atoms with Gasteiger partial charge in [-0.1, -0.05) is 48.5 Å². The molecule has 0 radical (unpaired) electrons. The van der Waals surface area contributed by atoms with Crippen molar-refractivity contribution in [3.8, 4) is 0 Å². The number of hydrogen-bond donors (Lipinski definition) is 0. The summed E-state index contributed by atoms with van der Waals surface area (Å²) in [6.45, 7) is 3.03. The molecular formula is C19H18N2O2S. The third-order valence-electron chi connectivity index (χ3n) is 3.76. The summed E-state index contributed by atoms with van der Waals surface area (Å²) in [6, 6.07) is 19.4. The predicted octanol–water partition coefficient (Wildman–Crippen LogP) is 4.25. The molecule has 0 N–H and O–H groups in total. The highest BCUT2D eigenvalue weighted by molar-refractivity contribution is 8.18. The second kappa shape index (κ2) is 7.36. The number of carbonyl (C=O) groups excluding carboxylic acids is 2. The van der Waals surface area contributed by atoms with Gasteiger partial charge in [0, 0.05) is 18.4 Å². The van der Waals surface area contributed by atoms with Crippen molar-refractivity contribution in [2.75, 3.05) is 11.4 Å². The average Bonchev–Trinajstić information content (AvgIpc) is 2.89. The van der Waals surface area contributed by atoms with Gasteiger partial charge in [0.2, 0.25) is 0 Å². The largest absolute Gasteiger partial charge is 0.347 e. The lowest BCUT2D eigenvalue weighted by Gasteiger charge is -2.18. The van der Waals surface area contributed by atoms with Gasteiger partial charge in [0.1, 0.15) is 0 Å². The maximum absolute atomic E-state index is 12.6. The summed E-state index contributed by atoms with van der Waals surface area (Å²) in [7, 11) is 0. The fourth-order valence-electron chi connectivity index (χ4n) is 2.50. The molecule has 1 aliphatic heterocycles. The van der Waals surface area contributed by atoms with Crippen molar-refractivity contribution in [2.45, 2.75) is 13.5 Å². The highest BCUT2D eigenvalue weighted by Crippen LogP contribution is 2.32.